The Morgan fingerprint density at radius 1 is 0.465 bits per heavy atom. The van der Waals surface area contributed by atoms with Crippen molar-refractivity contribution in [1.82, 2.24) is 0 Å². The van der Waals surface area contributed by atoms with E-state index in [1.54, 1.807) is 97.1 Å². The lowest BCUT2D eigenvalue weighted by atomic mass is 9.96. The Labute approximate surface area is 261 Å². The van der Waals surface area contributed by atoms with Crippen LogP contribution in [-0.2, 0) is 18.6 Å². The van der Waals surface area contributed by atoms with Gasteiger partial charge in [-0.15, -0.1) is 23.2 Å². The molecule has 0 aliphatic carbocycles. The van der Waals surface area contributed by atoms with Gasteiger partial charge in [0, 0.05) is 17.2 Å². The van der Waals surface area contributed by atoms with Crippen molar-refractivity contribution < 1.29 is 36.7 Å². The molecule has 12 heteroatoms. The molecule has 0 fully saturated rings. The van der Waals surface area contributed by atoms with E-state index in [4.69, 9.17) is 50.8 Å². The molecule has 0 saturated carbocycles. The van der Waals surface area contributed by atoms with E-state index in [0.717, 1.165) is 0 Å². The first-order chi connectivity index (χ1) is 20.8. The smallest absolute Gasteiger partial charge is 0.415 e. The zero-order chi connectivity index (χ0) is 30.4. The maximum Gasteiger partial charge on any atom is 0.456 e. The van der Waals surface area contributed by atoms with E-state index in [9.17, 15) is 9.13 Å². The second-order valence-corrected chi connectivity index (χ2v) is 13.8. The number of alkyl halides is 2. The van der Waals surface area contributed by atoms with Crippen molar-refractivity contribution in [2.24, 2.45) is 5.41 Å². The molecule has 0 bridgehead atoms. The maximum atomic E-state index is 13.8. The standard InChI is InChI=1S/C31H32Cl2O8P2/c32-21-31(22-33,23-36-25-42(34,38-27-13-5-1-6-14-27)39-28-15-7-2-8-16-28)24-37-26-43(35,40-29-17-9-3-10-18-29)41-30-19-11-4-12-20-30/h1-20H,21-26H2. The molecule has 0 aromatic heterocycles. The third-order valence-electron chi connectivity index (χ3n) is 5.83. The van der Waals surface area contributed by atoms with Gasteiger partial charge < -0.3 is 27.6 Å². The normalized spacial score (nSPS) is 12.0. The van der Waals surface area contributed by atoms with Gasteiger partial charge in [-0.3, -0.25) is 0 Å². The lowest BCUT2D eigenvalue weighted by Gasteiger charge is -2.30. The predicted molar refractivity (Wildman–Crippen MR) is 169 cm³/mol. The van der Waals surface area contributed by atoms with Crippen LogP contribution in [0.15, 0.2) is 121 Å². The van der Waals surface area contributed by atoms with Crippen molar-refractivity contribution in [2.45, 2.75) is 0 Å². The van der Waals surface area contributed by atoms with Gasteiger partial charge in [0.15, 0.2) is 12.7 Å². The Hall–Kier alpha value is -2.96. The molecule has 0 heterocycles. The van der Waals surface area contributed by atoms with E-state index in [0.29, 0.717) is 23.0 Å². The largest absolute Gasteiger partial charge is 0.456 e. The SMILES string of the molecule is O=P(COCC(CCl)(CCl)COCP(=O)(Oc1ccccc1)Oc1ccccc1)(Oc1ccccc1)Oc1ccccc1. The Bertz CT molecular complexity index is 1260. The number of hydrogen-bond donors (Lipinski definition) is 0. The zero-order valence-electron chi connectivity index (χ0n) is 23.2. The van der Waals surface area contributed by atoms with Gasteiger partial charge in [-0.25, -0.2) is 9.13 Å². The topological polar surface area (TPSA) is 89.5 Å². The summed E-state index contributed by atoms with van der Waals surface area (Å²) in [5.41, 5.74) is -0.933. The summed E-state index contributed by atoms with van der Waals surface area (Å²) in [5, 5.41) is 0. The summed E-state index contributed by atoms with van der Waals surface area (Å²) >= 11 is 12.7. The van der Waals surface area contributed by atoms with Crippen LogP contribution in [0.25, 0.3) is 0 Å². The Kier molecular flexibility index (Phi) is 12.4. The first-order valence-corrected chi connectivity index (χ1v) is 17.8. The first-order valence-electron chi connectivity index (χ1n) is 13.3. The average molecular weight is 665 g/mol. The van der Waals surface area contributed by atoms with E-state index in [1.807, 2.05) is 24.3 Å². The lowest BCUT2D eigenvalue weighted by molar-refractivity contribution is 0.0196. The van der Waals surface area contributed by atoms with E-state index in [1.165, 1.54) is 0 Å². The number of para-hydroxylation sites is 4. The monoisotopic (exact) mass is 664 g/mol. The molecule has 0 unspecified atom stereocenters. The summed E-state index contributed by atoms with van der Waals surface area (Å²) in [6, 6.07) is 34.7. The number of halogens is 2. The maximum absolute atomic E-state index is 13.8. The van der Waals surface area contributed by atoms with Crippen LogP contribution in [0.5, 0.6) is 23.0 Å². The third kappa shape index (κ3) is 10.6. The molecule has 0 amide bonds. The highest BCUT2D eigenvalue weighted by atomic mass is 35.5. The molecular formula is C31H32Cl2O8P2. The Morgan fingerprint density at radius 3 is 0.953 bits per heavy atom. The number of rotatable bonds is 18. The summed E-state index contributed by atoms with van der Waals surface area (Å²) in [5.74, 6) is 1.51. The fraction of sp³-hybridized carbons (Fsp3) is 0.226. The van der Waals surface area contributed by atoms with E-state index >= 15 is 0 Å². The second-order valence-electron chi connectivity index (χ2n) is 9.56. The van der Waals surface area contributed by atoms with Crippen LogP contribution in [0, 0.1) is 5.41 Å². The highest BCUT2D eigenvalue weighted by Gasteiger charge is 2.36. The predicted octanol–water partition coefficient (Wildman–Crippen LogP) is 9.10. The van der Waals surface area contributed by atoms with Crippen molar-refractivity contribution in [3.8, 4) is 23.0 Å². The van der Waals surface area contributed by atoms with E-state index in [2.05, 4.69) is 0 Å². The molecular weight excluding hydrogens is 633 g/mol. The fourth-order valence-corrected chi connectivity index (χ4v) is 6.97. The Morgan fingerprint density at radius 2 is 0.721 bits per heavy atom. The molecule has 0 N–H and O–H groups in total. The van der Waals surface area contributed by atoms with Gasteiger partial charge in [-0.05, 0) is 48.5 Å². The summed E-state index contributed by atoms with van der Waals surface area (Å²) in [6.07, 6.45) is -0.780. The van der Waals surface area contributed by atoms with Gasteiger partial charge in [0.1, 0.15) is 23.0 Å². The van der Waals surface area contributed by atoms with Crippen LogP contribution in [0.4, 0.5) is 0 Å². The number of benzene rings is 4. The zero-order valence-corrected chi connectivity index (χ0v) is 26.5. The van der Waals surface area contributed by atoms with Gasteiger partial charge in [0.2, 0.25) is 0 Å². The molecule has 0 radical (unpaired) electrons. The van der Waals surface area contributed by atoms with Crippen LogP contribution >= 0.6 is 38.4 Å². The minimum Gasteiger partial charge on any atom is -0.415 e. The molecule has 228 valence electrons. The van der Waals surface area contributed by atoms with Crippen LogP contribution in [0.1, 0.15) is 0 Å². The van der Waals surface area contributed by atoms with Crippen LogP contribution in [0.3, 0.4) is 0 Å². The van der Waals surface area contributed by atoms with Crippen molar-refractivity contribution in [3.63, 3.8) is 0 Å². The summed E-state index contributed by atoms with van der Waals surface area (Å²) in [4.78, 5) is 0. The summed E-state index contributed by atoms with van der Waals surface area (Å²) in [6.45, 7) is -0.104. The van der Waals surface area contributed by atoms with Crippen LogP contribution < -0.4 is 18.1 Å². The lowest BCUT2D eigenvalue weighted by Crippen LogP contribution is -2.37. The van der Waals surface area contributed by atoms with Gasteiger partial charge in [-0.1, -0.05) is 72.8 Å². The molecule has 0 saturated heterocycles. The van der Waals surface area contributed by atoms with E-state index in [-0.39, 0.29) is 37.7 Å². The molecule has 4 rings (SSSR count). The van der Waals surface area contributed by atoms with E-state index < -0.39 is 20.6 Å². The quantitative estimate of drug-likeness (QED) is 0.0768. The first kappa shape index (κ1) is 32.9. The Balaban J connectivity index is 1.41. The summed E-state index contributed by atoms with van der Waals surface area (Å²) in [7, 11) is -7.67. The van der Waals surface area contributed by atoms with Crippen LogP contribution in [0.2, 0.25) is 0 Å². The van der Waals surface area contributed by atoms with Crippen molar-refractivity contribution in [3.05, 3.63) is 121 Å². The average Bonchev–Trinajstić information content (AvgIpc) is 3.02. The highest BCUT2D eigenvalue weighted by molar-refractivity contribution is 7.54. The minimum atomic E-state index is -3.83. The van der Waals surface area contributed by atoms with Gasteiger partial charge in [0.25, 0.3) is 0 Å². The molecule has 0 spiro atoms. The molecule has 4 aromatic carbocycles. The molecule has 0 aliphatic heterocycles. The van der Waals surface area contributed by atoms with Crippen molar-refractivity contribution >= 4 is 38.4 Å². The fourth-order valence-electron chi connectivity index (χ4n) is 3.69. The minimum absolute atomic E-state index is 0.0310. The van der Waals surface area contributed by atoms with Crippen molar-refractivity contribution in [2.75, 3.05) is 37.7 Å². The molecule has 4 aromatic rings. The van der Waals surface area contributed by atoms with Gasteiger partial charge in [-0.2, -0.15) is 0 Å². The van der Waals surface area contributed by atoms with Gasteiger partial charge in [0.05, 0.1) is 13.2 Å². The molecule has 43 heavy (non-hydrogen) atoms. The molecule has 0 atom stereocenters. The highest BCUT2D eigenvalue weighted by Crippen LogP contribution is 2.50. The van der Waals surface area contributed by atoms with Crippen molar-refractivity contribution in [1.29, 1.82) is 0 Å². The van der Waals surface area contributed by atoms with Gasteiger partial charge >= 0.3 is 15.2 Å². The number of hydrogen-bond acceptors (Lipinski definition) is 8. The number of ether oxygens (including phenoxy) is 2. The third-order valence-corrected chi connectivity index (χ3v) is 9.92. The van der Waals surface area contributed by atoms with Crippen LogP contribution in [-0.4, -0.2) is 37.7 Å². The second kappa shape index (κ2) is 16.2. The summed E-state index contributed by atoms with van der Waals surface area (Å²) < 4.78 is 62.4. The molecule has 0 aliphatic rings. The molecule has 8 nitrogen and oxygen atoms in total.